The molecule has 5 aliphatic rings. The second kappa shape index (κ2) is 6.18. The minimum atomic E-state index is 0.0782. The van der Waals surface area contributed by atoms with Crippen molar-refractivity contribution >= 4 is 51.5 Å². The van der Waals surface area contributed by atoms with Crippen LogP contribution >= 0.6 is 0 Å². The molecule has 0 amide bonds. The Kier molecular flexibility index (Phi) is 3.35. The van der Waals surface area contributed by atoms with E-state index >= 15 is 0 Å². The van der Waals surface area contributed by atoms with Crippen molar-refractivity contribution in [3.8, 4) is 11.5 Å². The zero-order chi connectivity index (χ0) is 23.8. The molecule has 0 saturated heterocycles. The fourth-order valence-electron chi connectivity index (χ4n) is 8.42. The van der Waals surface area contributed by atoms with Crippen LogP contribution in [-0.4, -0.2) is 12.3 Å². The molecule has 174 valence electrons. The first-order valence-electron chi connectivity index (χ1n) is 13.4. The second-order valence-electron chi connectivity index (χ2n) is 11.6. The van der Waals surface area contributed by atoms with Crippen molar-refractivity contribution in [3.05, 3.63) is 84.4 Å². The topological polar surface area (TPSA) is 15.7 Å². The molecule has 0 N–H and O–H groups in total. The quantitative estimate of drug-likeness (QED) is 0.250. The molecule has 2 unspecified atom stereocenters. The average molecular weight is 466 g/mol. The third-order valence-corrected chi connectivity index (χ3v) is 10.2. The number of benzene rings is 4. The SMILES string of the molecule is CC12CCCCC1(C)N1c3cccc4c3B(c3cccc5c3N4c3ccccc3O5)c3cccc2c31. The van der Waals surface area contributed by atoms with Gasteiger partial charge in [0.25, 0.3) is 6.71 Å². The predicted octanol–water partition coefficient (Wildman–Crippen LogP) is 6.15. The smallest absolute Gasteiger partial charge is 0.252 e. The predicted molar refractivity (Wildman–Crippen MR) is 149 cm³/mol. The van der Waals surface area contributed by atoms with Gasteiger partial charge in [-0.15, -0.1) is 0 Å². The summed E-state index contributed by atoms with van der Waals surface area (Å²) in [6.45, 7) is 5.28. The van der Waals surface area contributed by atoms with Crippen LogP contribution in [0.25, 0.3) is 0 Å². The van der Waals surface area contributed by atoms with Crippen LogP contribution in [0.5, 0.6) is 11.5 Å². The molecule has 0 bridgehead atoms. The summed E-state index contributed by atoms with van der Waals surface area (Å²) in [7, 11) is 0. The fourth-order valence-corrected chi connectivity index (χ4v) is 8.42. The lowest BCUT2D eigenvalue weighted by atomic mass is 9.33. The number of rotatable bonds is 0. The van der Waals surface area contributed by atoms with Gasteiger partial charge in [0.15, 0.2) is 11.5 Å². The number of hydrogen-bond donors (Lipinski definition) is 0. The van der Waals surface area contributed by atoms with Gasteiger partial charge in [0, 0.05) is 22.5 Å². The molecule has 1 saturated carbocycles. The van der Waals surface area contributed by atoms with E-state index in [4.69, 9.17) is 4.74 Å². The van der Waals surface area contributed by atoms with Crippen molar-refractivity contribution in [2.24, 2.45) is 0 Å². The highest BCUT2D eigenvalue weighted by molar-refractivity contribution is 7.00. The minimum absolute atomic E-state index is 0.0782. The highest BCUT2D eigenvalue weighted by Gasteiger charge is 2.61. The van der Waals surface area contributed by atoms with Gasteiger partial charge in [0.1, 0.15) is 0 Å². The first-order chi connectivity index (χ1) is 17.6. The molecule has 1 fully saturated rings. The number of anilines is 5. The first kappa shape index (κ1) is 19.5. The van der Waals surface area contributed by atoms with E-state index in [1.54, 1.807) is 5.56 Å². The van der Waals surface area contributed by atoms with E-state index in [0.717, 1.165) is 17.2 Å². The van der Waals surface area contributed by atoms with Crippen LogP contribution < -0.4 is 30.9 Å². The zero-order valence-electron chi connectivity index (χ0n) is 20.7. The summed E-state index contributed by atoms with van der Waals surface area (Å²) in [6.07, 6.45) is 5.10. The molecule has 1 aliphatic carbocycles. The molecule has 0 spiro atoms. The number of para-hydroxylation sites is 4. The largest absolute Gasteiger partial charge is 0.453 e. The Bertz CT molecular complexity index is 1650. The number of ether oxygens (including phenoxy) is 1. The second-order valence-corrected chi connectivity index (χ2v) is 11.6. The summed E-state index contributed by atoms with van der Waals surface area (Å²) < 4.78 is 6.48. The standard InChI is InChI=1S/C32H27BN2O/c1-31-18-5-6-19-32(31,2)35-25-15-9-14-24-28(25)33(21-11-7-10-20(31)29(21)35)22-12-8-17-27-30(22)34(24)23-13-3-4-16-26(23)36-27/h3-4,7-17H,5-6,18-19H2,1-2H3. The van der Waals surface area contributed by atoms with Gasteiger partial charge < -0.3 is 14.5 Å². The van der Waals surface area contributed by atoms with Crippen LogP contribution in [0.4, 0.5) is 28.4 Å². The maximum Gasteiger partial charge on any atom is 0.252 e. The first-order valence-corrected chi connectivity index (χ1v) is 13.4. The van der Waals surface area contributed by atoms with Crippen molar-refractivity contribution < 1.29 is 4.74 Å². The van der Waals surface area contributed by atoms with E-state index in [1.807, 2.05) is 0 Å². The van der Waals surface area contributed by atoms with Gasteiger partial charge in [-0.05, 0) is 72.0 Å². The minimum Gasteiger partial charge on any atom is -0.453 e. The van der Waals surface area contributed by atoms with Crippen LogP contribution in [0.1, 0.15) is 45.1 Å². The average Bonchev–Trinajstić information content (AvgIpc) is 3.12. The summed E-state index contributed by atoms with van der Waals surface area (Å²) in [5.74, 6) is 1.87. The summed E-state index contributed by atoms with van der Waals surface area (Å²) in [5, 5.41) is 0. The van der Waals surface area contributed by atoms with Gasteiger partial charge in [0.05, 0.1) is 16.9 Å². The molecular weight excluding hydrogens is 439 g/mol. The molecule has 9 rings (SSSR count). The zero-order valence-corrected chi connectivity index (χ0v) is 20.7. The Balaban J connectivity index is 1.42. The van der Waals surface area contributed by atoms with E-state index < -0.39 is 0 Å². The van der Waals surface area contributed by atoms with Crippen molar-refractivity contribution in [3.63, 3.8) is 0 Å². The Morgan fingerprint density at radius 2 is 1.39 bits per heavy atom. The lowest BCUT2D eigenvalue weighted by Crippen LogP contribution is -2.64. The normalized spacial score (nSPS) is 25.3. The van der Waals surface area contributed by atoms with Gasteiger partial charge in [-0.2, -0.15) is 0 Å². The van der Waals surface area contributed by atoms with Crippen LogP contribution in [0.2, 0.25) is 0 Å². The van der Waals surface area contributed by atoms with E-state index in [0.29, 0.717) is 0 Å². The van der Waals surface area contributed by atoms with Gasteiger partial charge in [-0.1, -0.05) is 68.3 Å². The van der Waals surface area contributed by atoms with E-state index in [1.165, 1.54) is 64.8 Å². The van der Waals surface area contributed by atoms with Crippen molar-refractivity contribution in [1.29, 1.82) is 0 Å². The van der Waals surface area contributed by atoms with Gasteiger partial charge in [-0.3, -0.25) is 0 Å². The molecule has 4 heteroatoms. The Hall–Kier alpha value is -3.66. The molecule has 0 radical (unpaired) electrons. The molecule has 3 nitrogen and oxygen atoms in total. The summed E-state index contributed by atoms with van der Waals surface area (Å²) in [4.78, 5) is 5.24. The summed E-state index contributed by atoms with van der Waals surface area (Å²) in [6, 6.07) is 29.2. The molecule has 36 heavy (non-hydrogen) atoms. The van der Waals surface area contributed by atoms with Crippen LogP contribution in [-0.2, 0) is 5.41 Å². The molecule has 4 aromatic carbocycles. The lowest BCUT2D eigenvalue weighted by molar-refractivity contribution is 0.195. The van der Waals surface area contributed by atoms with Gasteiger partial charge in [-0.25, -0.2) is 0 Å². The van der Waals surface area contributed by atoms with Crippen molar-refractivity contribution in [2.45, 2.75) is 50.5 Å². The maximum atomic E-state index is 6.48. The van der Waals surface area contributed by atoms with E-state index in [-0.39, 0.29) is 17.7 Å². The number of nitrogens with zero attached hydrogens (tertiary/aromatic N) is 2. The van der Waals surface area contributed by atoms with Gasteiger partial charge in [0.2, 0.25) is 0 Å². The highest BCUT2D eigenvalue weighted by Crippen LogP contribution is 2.62. The molecule has 4 aliphatic heterocycles. The van der Waals surface area contributed by atoms with Crippen molar-refractivity contribution in [1.82, 2.24) is 0 Å². The third-order valence-electron chi connectivity index (χ3n) is 10.2. The molecule has 2 atom stereocenters. The Labute approximate surface area is 212 Å². The monoisotopic (exact) mass is 466 g/mol. The molecular formula is C32H27BN2O. The van der Waals surface area contributed by atoms with Crippen LogP contribution in [0.15, 0.2) is 78.9 Å². The Morgan fingerprint density at radius 1 is 0.694 bits per heavy atom. The maximum absolute atomic E-state index is 6.48. The molecule has 4 heterocycles. The van der Waals surface area contributed by atoms with Crippen LogP contribution in [0, 0.1) is 0 Å². The van der Waals surface area contributed by atoms with Crippen molar-refractivity contribution in [2.75, 3.05) is 9.80 Å². The number of fused-ring (bicyclic) bond motifs is 9. The fraction of sp³-hybridized carbons (Fsp3) is 0.250. The summed E-state index contributed by atoms with van der Waals surface area (Å²) in [5.41, 5.74) is 12.5. The van der Waals surface area contributed by atoms with E-state index in [2.05, 4.69) is 103 Å². The number of hydrogen-bond acceptors (Lipinski definition) is 3. The van der Waals surface area contributed by atoms with Crippen LogP contribution in [0.3, 0.4) is 0 Å². The van der Waals surface area contributed by atoms with Gasteiger partial charge >= 0.3 is 0 Å². The summed E-state index contributed by atoms with van der Waals surface area (Å²) >= 11 is 0. The molecule has 0 aromatic heterocycles. The molecule has 4 aromatic rings. The Morgan fingerprint density at radius 3 is 2.31 bits per heavy atom. The highest BCUT2D eigenvalue weighted by atomic mass is 16.5. The third kappa shape index (κ3) is 1.96. The van der Waals surface area contributed by atoms with E-state index in [9.17, 15) is 0 Å². The lowest BCUT2D eigenvalue weighted by Gasteiger charge is -2.53.